The topological polar surface area (TPSA) is 26.0 Å². The summed E-state index contributed by atoms with van der Waals surface area (Å²) in [5, 5.41) is 0. The maximum atomic E-state index is 5.45. The first-order valence-corrected chi connectivity index (χ1v) is 3.66. The second-order valence-electron chi connectivity index (χ2n) is 1.64. The van der Waals surface area contributed by atoms with E-state index in [0.29, 0.717) is 4.64 Å². The average Bonchev–Trinajstić information content (AvgIpc) is 1.61. The van der Waals surface area contributed by atoms with Crippen molar-refractivity contribution in [1.29, 1.82) is 0 Å². The molecule has 1 nitrogen and oxygen atoms in total. The van der Waals surface area contributed by atoms with Crippen molar-refractivity contribution in [2.24, 2.45) is 5.73 Å². The molecule has 1 unspecified atom stereocenters. The Morgan fingerprint density at radius 3 is 2.43 bits per heavy atom. The van der Waals surface area contributed by atoms with E-state index in [1.54, 1.807) is 0 Å². The minimum absolute atomic E-state index is 0.333. The van der Waals surface area contributed by atoms with E-state index in [4.69, 9.17) is 5.73 Å². The molecule has 2 heteroatoms. The van der Waals surface area contributed by atoms with Crippen LogP contribution in [0.1, 0.15) is 26.2 Å². The second-order valence-corrected chi connectivity index (χ2v) is 2.93. The summed E-state index contributed by atoms with van der Waals surface area (Å²) in [4.78, 5) is 0. The van der Waals surface area contributed by atoms with Crippen molar-refractivity contribution >= 4 is 0 Å². The van der Waals surface area contributed by atoms with Gasteiger partial charge in [-0.2, -0.15) is 0 Å². The molecule has 1 atom stereocenters. The third-order valence-electron chi connectivity index (χ3n) is 0.826. The number of unbranched alkanes of at least 4 members (excludes halogenated alkanes) is 1. The van der Waals surface area contributed by atoms with Gasteiger partial charge < -0.3 is 0 Å². The normalized spacial score (nSPS) is 14.1. The molecule has 0 saturated heterocycles. The van der Waals surface area contributed by atoms with Gasteiger partial charge in [-0.15, -0.1) is 0 Å². The first-order chi connectivity index (χ1) is 3.27. The fourth-order valence-electron chi connectivity index (χ4n) is 0.394. The van der Waals surface area contributed by atoms with E-state index in [1.807, 2.05) is 0 Å². The Bertz CT molecular complexity index is 37.1. The summed E-state index contributed by atoms with van der Waals surface area (Å²) in [6, 6.07) is 0. The molecule has 0 amide bonds. The predicted molar refractivity (Wildman–Crippen MR) is 27.5 cm³/mol. The van der Waals surface area contributed by atoms with Gasteiger partial charge in [0.2, 0.25) is 0 Å². The molecule has 0 aliphatic heterocycles. The molecule has 0 fully saturated rings. The zero-order valence-corrected chi connectivity index (χ0v) is 6.37. The Hall–Kier alpha value is 0.583. The number of hydrogen-bond acceptors (Lipinski definition) is 1. The van der Waals surface area contributed by atoms with Gasteiger partial charge in [-0.3, -0.25) is 0 Å². The second kappa shape index (κ2) is 4.74. The summed E-state index contributed by atoms with van der Waals surface area (Å²) in [6.45, 7) is 2.18. The van der Waals surface area contributed by atoms with Crippen molar-refractivity contribution in [2.75, 3.05) is 0 Å². The van der Waals surface area contributed by atoms with E-state index < -0.39 is 0 Å². The molecule has 0 aliphatic rings. The summed E-state index contributed by atoms with van der Waals surface area (Å²) in [6.07, 6.45) is 3.66. The van der Waals surface area contributed by atoms with Crippen LogP contribution in [-0.2, 0) is 18.3 Å². The number of hydrogen-bond donors (Lipinski definition) is 1. The van der Waals surface area contributed by atoms with Crippen LogP contribution in [0.4, 0.5) is 0 Å². The first-order valence-electron chi connectivity index (χ1n) is 2.65. The van der Waals surface area contributed by atoms with Crippen LogP contribution >= 0.6 is 0 Å². The molecular formula is C5H12NRu. The molecule has 0 aromatic carbocycles. The SMILES string of the molecule is CCCC[CH](N)[Ru]. The molecule has 0 aromatic rings. The molecule has 0 spiro atoms. The third-order valence-corrected chi connectivity index (χ3v) is 1.33. The Morgan fingerprint density at radius 1 is 1.71 bits per heavy atom. The summed E-state index contributed by atoms with van der Waals surface area (Å²) in [5.74, 6) is 0. The summed E-state index contributed by atoms with van der Waals surface area (Å²) < 4.78 is 0.333. The van der Waals surface area contributed by atoms with Gasteiger partial charge in [0.05, 0.1) is 0 Å². The van der Waals surface area contributed by atoms with E-state index >= 15 is 0 Å². The van der Waals surface area contributed by atoms with E-state index in [-0.39, 0.29) is 0 Å². The van der Waals surface area contributed by atoms with Gasteiger partial charge in [-0.1, -0.05) is 0 Å². The van der Waals surface area contributed by atoms with Crippen LogP contribution in [0.2, 0.25) is 0 Å². The average molecular weight is 187 g/mol. The van der Waals surface area contributed by atoms with Crippen LogP contribution in [0.5, 0.6) is 0 Å². The molecule has 2 N–H and O–H groups in total. The van der Waals surface area contributed by atoms with E-state index in [2.05, 4.69) is 25.2 Å². The first kappa shape index (κ1) is 7.58. The Balaban J connectivity index is 2.68. The summed E-state index contributed by atoms with van der Waals surface area (Å²) in [5.41, 5.74) is 5.45. The maximum absolute atomic E-state index is 5.45. The minimum atomic E-state index is 0.333. The zero-order valence-electron chi connectivity index (χ0n) is 4.63. The Morgan fingerprint density at radius 2 is 2.29 bits per heavy atom. The molecule has 0 radical (unpaired) electrons. The van der Waals surface area contributed by atoms with Crippen LogP contribution in [0.25, 0.3) is 0 Å². The van der Waals surface area contributed by atoms with Gasteiger partial charge in [0, 0.05) is 0 Å². The van der Waals surface area contributed by atoms with E-state index in [0.717, 1.165) is 6.42 Å². The fourth-order valence-corrected chi connectivity index (χ4v) is 0.749. The molecule has 0 bridgehead atoms. The molecular weight excluding hydrogens is 175 g/mol. The van der Waals surface area contributed by atoms with Gasteiger partial charge in [0.25, 0.3) is 0 Å². The molecule has 0 rings (SSSR count). The fraction of sp³-hybridized carbons (Fsp3) is 1.00. The van der Waals surface area contributed by atoms with Crippen LogP contribution in [-0.4, -0.2) is 4.64 Å². The standard InChI is InChI=1S/C5H12N.Ru/c1-2-3-4-5-6;/h5H,2-4,6H2,1H3;. The van der Waals surface area contributed by atoms with E-state index in [1.165, 1.54) is 12.8 Å². The summed E-state index contributed by atoms with van der Waals surface area (Å²) in [7, 11) is 0. The van der Waals surface area contributed by atoms with E-state index in [9.17, 15) is 0 Å². The van der Waals surface area contributed by atoms with Gasteiger partial charge in [-0.05, 0) is 0 Å². The molecule has 0 heterocycles. The molecule has 45 valence electrons. The van der Waals surface area contributed by atoms with Crippen molar-refractivity contribution in [3.63, 3.8) is 0 Å². The van der Waals surface area contributed by atoms with Crippen molar-refractivity contribution in [2.45, 2.75) is 30.8 Å². The van der Waals surface area contributed by atoms with Gasteiger partial charge >= 0.3 is 54.9 Å². The van der Waals surface area contributed by atoms with Crippen LogP contribution < -0.4 is 5.73 Å². The summed E-state index contributed by atoms with van der Waals surface area (Å²) >= 11 is 2.50. The van der Waals surface area contributed by atoms with Crippen molar-refractivity contribution < 1.29 is 18.3 Å². The zero-order chi connectivity index (χ0) is 5.70. The number of rotatable bonds is 3. The van der Waals surface area contributed by atoms with Gasteiger partial charge in [0.15, 0.2) is 0 Å². The van der Waals surface area contributed by atoms with Crippen LogP contribution in [0.15, 0.2) is 0 Å². The Kier molecular flexibility index (Phi) is 5.13. The van der Waals surface area contributed by atoms with Gasteiger partial charge in [0.1, 0.15) is 0 Å². The molecule has 0 saturated carbocycles. The van der Waals surface area contributed by atoms with Crippen molar-refractivity contribution in [3.05, 3.63) is 0 Å². The predicted octanol–water partition coefficient (Wildman–Crippen LogP) is 1.01. The molecule has 7 heavy (non-hydrogen) atoms. The van der Waals surface area contributed by atoms with Crippen LogP contribution in [0.3, 0.4) is 0 Å². The third kappa shape index (κ3) is 6.58. The Labute approximate surface area is 55.3 Å². The van der Waals surface area contributed by atoms with Crippen LogP contribution in [0, 0.1) is 0 Å². The van der Waals surface area contributed by atoms with Crippen molar-refractivity contribution in [3.8, 4) is 0 Å². The number of nitrogens with two attached hydrogens (primary N) is 1. The van der Waals surface area contributed by atoms with Crippen molar-refractivity contribution in [1.82, 2.24) is 0 Å². The van der Waals surface area contributed by atoms with Gasteiger partial charge in [-0.25, -0.2) is 0 Å². The monoisotopic (exact) mass is 188 g/mol. The molecule has 0 aromatic heterocycles. The molecule has 0 aliphatic carbocycles. The quantitative estimate of drug-likeness (QED) is 0.656.